The first-order valence-corrected chi connectivity index (χ1v) is 19.8. The Morgan fingerprint density at radius 1 is 0.310 bits per heavy atom. The number of fused-ring (bicyclic) bond motifs is 9. The molecule has 14 rings (SSSR count). The van der Waals surface area contributed by atoms with E-state index in [4.69, 9.17) is 15.0 Å². The van der Waals surface area contributed by atoms with E-state index < -0.39 is 0 Å². The third kappa shape index (κ3) is 3.75. The Morgan fingerprint density at radius 3 is 1.57 bits per heavy atom. The summed E-state index contributed by atoms with van der Waals surface area (Å²) in [6.45, 7) is 0. The molecule has 0 saturated heterocycles. The summed E-state index contributed by atoms with van der Waals surface area (Å²) < 4.78 is 0. The zero-order chi connectivity index (χ0) is 37.6. The summed E-state index contributed by atoms with van der Waals surface area (Å²) >= 11 is 0. The molecule has 4 nitrogen and oxygen atoms in total. The van der Waals surface area contributed by atoms with Crippen molar-refractivity contribution in [3.63, 3.8) is 0 Å². The summed E-state index contributed by atoms with van der Waals surface area (Å²) in [4.78, 5) is 19.6. The Bertz CT molecular complexity index is 3800. The molecule has 0 bridgehead atoms. The van der Waals surface area contributed by atoms with Gasteiger partial charge in [0.1, 0.15) is 0 Å². The molecule has 2 aromatic heterocycles. The Labute approximate surface area is 330 Å². The van der Waals surface area contributed by atoms with Crippen LogP contribution in [0, 0.1) is 0 Å². The van der Waals surface area contributed by atoms with E-state index in [9.17, 15) is 0 Å². The van der Waals surface area contributed by atoms with Crippen LogP contribution in [0.2, 0.25) is 0 Å². The van der Waals surface area contributed by atoms with Crippen LogP contribution in [-0.2, 0) is 0 Å². The van der Waals surface area contributed by atoms with Crippen molar-refractivity contribution in [3.8, 4) is 33.8 Å². The molecule has 2 heterocycles. The maximum Gasteiger partial charge on any atom is 0.160 e. The minimum absolute atomic E-state index is 0.708. The lowest BCUT2D eigenvalue weighted by Crippen LogP contribution is -1.94. The molecule has 0 saturated carbocycles. The standard InChI is InChI=1S/C54H28N4/c1-2-8-29(9-3-1)31-16-21-40-47-32(31)14-6-15-39(47)51-50(45-28-55-24-25-56-45)43-26-41-37-19-17-35-33-12-4-10-30-11-5-13-34(46(30)33)36-18-20-38(49(37)48(35)36)42(41)27-44(43)53(52(40)51)54-57-22-7-23-58-54/h1-28H. The highest BCUT2D eigenvalue weighted by atomic mass is 14.9. The van der Waals surface area contributed by atoms with E-state index >= 15 is 0 Å². The predicted octanol–water partition coefficient (Wildman–Crippen LogP) is 14.1. The van der Waals surface area contributed by atoms with Gasteiger partial charge < -0.3 is 0 Å². The Kier molecular flexibility index (Phi) is 5.73. The number of hydrogen-bond donors (Lipinski definition) is 0. The van der Waals surface area contributed by atoms with Crippen LogP contribution in [0.25, 0.3) is 141 Å². The normalized spacial score (nSPS) is 12.5. The summed E-state index contributed by atoms with van der Waals surface area (Å²) in [6, 6.07) is 51.6. The van der Waals surface area contributed by atoms with E-state index in [-0.39, 0.29) is 0 Å². The molecule has 0 unspecified atom stereocenters. The zero-order valence-corrected chi connectivity index (χ0v) is 31.0. The lowest BCUT2D eigenvalue weighted by molar-refractivity contribution is 1.18. The van der Waals surface area contributed by atoms with Crippen LogP contribution in [0.5, 0.6) is 0 Å². The quantitative estimate of drug-likeness (QED) is 0.134. The molecular formula is C54H28N4. The van der Waals surface area contributed by atoms with Gasteiger partial charge in [-0.3, -0.25) is 9.97 Å². The van der Waals surface area contributed by atoms with Gasteiger partial charge in [0.15, 0.2) is 5.82 Å². The van der Waals surface area contributed by atoms with Gasteiger partial charge in [0.25, 0.3) is 0 Å². The Balaban J connectivity index is 1.22. The van der Waals surface area contributed by atoms with Crippen LogP contribution in [0.4, 0.5) is 0 Å². The van der Waals surface area contributed by atoms with E-state index in [1.54, 1.807) is 6.20 Å². The second kappa shape index (κ2) is 10.9. The van der Waals surface area contributed by atoms with Gasteiger partial charge in [-0.2, -0.15) is 0 Å². The third-order valence-corrected chi connectivity index (χ3v) is 12.9. The molecule has 14 aromatic rings. The SMILES string of the molecule is c1ccc(-c2ccc3c4c(-c5ncccn5)c5cc6c(cc5c(-c5cnccn5)c4c4cccc2c43)c2ccc3c4cccc5cccc(c7ccc6c2c37)c54)cc1. The third-order valence-electron chi connectivity index (χ3n) is 12.9. The minimum Gasteiger partial charge on any atom is -0.261 e. The van der Waals surface area contributed by atoms with Crippen molar-refractivity contribution in [2.24, 2.45) is 0 Å². The minimum atomic E-state index is 0.708. The molecule has 0 atom stereocenters. The van der Waals surface area contributed by atoms with Gasteiger partial charge in [0, 0.05) is 46.7 Å². The van der Waals surface area contributed by atoms with Gasteiger partial charge >= 0.3 is 0 Å². The second-order valence-electron chi connectivity index (χ2n) is 15.6. The molecule has 0 amide bonds. The summed E-state index contributed by atoms with van der Waals surface area (Å²) in [5.74, 6) is 0.708. The largest absolute Gasteiger partial charge is 0.261 e. The maximum atomic E-state index is 5.03. The highest BCUT2D eigenvalue weighted by Gasteiger charge is 2.27. The molecule has 58 heavy (non-hydrogen) atoms. The maximum absolute atomic E-state index is 5.03. The molecule has 4 heteroatoms. The van der Waals surface area contributed by atoms with Gasteiger partial charge in [0.05, 0.1) is 11.9 Å². The smallest absolute Gasteiger partial charge is 0.160 e. The summed E-state index contributed by atoms with van der Waals surface area (Å²) in [5, 5.41) is 24.8. The molecule has 0 N–H and O–H groups in total. The van der Waals surface area contributed by atoms with Crippen molar-refractivity contribution < 1.29 is 0 Å². The van der Waals surface area contributed by atoms with E-state index in [0.29, 0.717) is 5.82 Å². The summed E-state index contributed by atoms with van der Waals surface area (Å²) in [5.41, 5.74) is 5.37. The molecule has 0 radical (unpaired) electrons. The number of nitrogens with zero attached hydrogens (tertiary/aromatic N) is 4. The summed E-state index contributed by atoms with van der Waals surface area (Å²) in [7, 11) is 0. The topological polar surface area (TPSA) is 51.6 Å². The Morgan fingerprint density at radius 2 is 0.879 bits per heavy atom. The first-order chi connectivity index (χ1) is 28.8. The van der Waals surface area contributed by atoms with Crippen molar-refractivity contribution in [1.82, 2.24) is 19.9 Å². The van der Waals surface area contributed by atoms with E-state index in [2.05, 4.69) is 138 Å². The molecule has 0 aliphatic rings. The average molecular weight is 733 g/mol. The number of aromatic nitrogens is 4. The fourth-order valence-electron chi connectivity index (χ4n) is 10.7. The fraction of sp³-hybridized carbons (Fsp3) is 0. The molecule has 0 aliphatic heterocycles. The lowest BCUT2D eigenvalue weighted by atomic mass is 9.89. The van der Waals surface area contributed by atoms with Gasteiger partial charge in [-0.25, -0.2) is 9.97 Å². The molecule has 0 fully saturated rings. The van der Waals surface area contributed by atoms with Crippen molar-refractivity contribution in [2.45, 2.75) is 0 Å². The van der Waals surface area contributed by atoms with Gasteiger partial charge in [-0.05, 0) is 126 Å². The number of benzene rings is 10. The zero-order valence-electron chi connectivity index (χ0n) is 31.0. The van der Waals surface area contributed by atoms with E-state index in [1.165, 1.54) is 97.3 Å². The monoisotopic (exact) mass is 732 g/mol. The molecule has 0 aliphatic carbocycles. The van der Waals surface area contributed by atoms with Crippen LogP contribution in [0.15, 0.2) is 171 Å². The molecule has 0 spiro atoms. The highest BCUT2D eigenvalue weighted by molar-refractivity contribution is 6.45. The molecule has 264 valence electrons. The van der Waals surface area contributed by atoms with Crippen molar-refractivity contribution in [2.75, 3.05) is 0 Å². The van der Waals surface area contributed by atoms with E-state index in [0.717, 1.165) is 38.4 Å². The van der Waals surface area contributed by atoms with Crippen LogP contribution < -0.4 is 0 Å². The average Bonchev–Trinajstić information content (AvgIpc) is 3.79. The molecule has 12 aromatic carbocycles. The van der Waals surface area contributed by atoms with Crippen molar-refractivity contribution in [3.05, 3.63) is 171 Å². The fourth-order valence-corrected chi connectivity index (χ4v) is 10.7. The van der Waals surface area contributed by atoms with Crippen LogP contribution in [0.1, 0.15) is 0 Å². The van der Waals surface area contributed by atoms with Gasteiger partial charge in [0.2, 0.25) is 0 Å². The first kappa shape index (κ1) is 30.4. The Hall–Kier alpha value is -7.82. The van der Waals surface area contributed by atoms with Crippen LogP contribution >= 0.6 is 0 Å². The molecular weight excluding hydrogens is 705 g/mol. The van der Waals surface area contributed by atoms with E-state index in [1.807, 2.05) is 30.9 Å². The van der Waals surface area contributed by atoms with Crippen molar-refractivity contribution >= 4 is 108 Å². The number of hydrogen-bond acceptors (Lipinski definition) is 4. The lowest BCUT2D eigenvalue weighted by Gasteiger charge is -2.15. The predicted molar refractivity (Wildman–Crippen MR) is 243 cm³/mol. The first-order valence-electron chi connectivity index (χ1n) is 19.8. The van der Waals surface area contributed by atoms with Crippen LogP contribution in [-0.4, -0.2) is 19.9 Å². The number of rotatable bonds is 3. The van der Waals surface area contributed by atoms with Crippen molar-refractivity contribution in [1.29, 1.82) is 0 Å². The van der Waals surface area contributed by atoms with Gasteiger partial charge in [-0.1, -0.05) is 121 Å². The second-order valence-corrected chi connectivity index (χ2v) is 15.6. The van der Waals surface area contributed by atoms with Gasteiger partial charge in [-0.15, -0.1) is 0 Å². The van der Waals surface area contributed by atoms with Crippen LogP contribution in [0.3, 0.4) is 0 Å². The summed E-state index contributed by atoms with van der Waals surface area (Å²) in [6.07, 6.45) is 9.19. The highest BCUT2D eigenvalue weighted by Crippen LogP contribution is 2.54.